The van der Waals surface area contributed by atoms with Crippen molar-refractivity contribution in [3.63, 3.8) is 0 Å². The zero-order valence-corrected chi connectivity index (χ0v) is 4.60. The molecular weight excluding hydrogens is 112 g/mol. The summed E-state index contributed by atoms with van der Waals surface area (Å²) in [6, 6.07) is 0. The molecule has 0 saturated heterocycles. The van der Waals surface area contributed by atoms with Crippen molar-refractivity contribution in [1.82, 2.24) is 0 Å². The normalized spacial score (nSPS) is 28.1. The Balaban J connectivity index is 2.89. The van der Waals surface area contributed by atoms with E-state index in [9.17, 15) is 4.21 Å². The number of hydrogen-bond donors (Lipinski definition) is 0. The van der Waals surface area contributed by atoms with Gasteiger partial charge in [0.25, 0.3) is 0 Å². The van der Waals surface area contributed by atoms with Crippen LogP contribution in [0.2, 0.25) is 0 Å². The van der Waals surface area contributed by atoms with Crippen molar-refractivity contribution in [1.29, 1.82) is 0 Å². The highest BCUT2D eigenvalue weighted by Gasteiger charge is 2.03. The van der Waals surface area contributed by atoms with Crippen LogP contribution in [0.5, 0.6) is 0 Å². The predicted octanol–water partition coefficient (Wildman–Crippen LogP) is 0.110. The van der Waals surface area contributed by atoms with Gasteiger partial charge in [-0.25, -0.2) is 4.21 Å². The summed E-state index contributed by atoms with van der Waals surface area (Å²) in [5, 5.41) is 7.49. The summed E-state index contributed by atoms with van der Waals surface area (Å²) in [5.41, 5.74) is 1.31. The first-order chi connectivity index (χ1) is 3.30. The summed E-state index contributed by atoms with van der Waals surface area (Å²) < 4.78 is 10.4. The highest BCUT2D eigenvalue weighted by molar-refractivity contribution is 8.12. The van der Waals surface area contributed by atoms with Gasteiger partial charge in [-0.15, -0.1) is 10.2 Å². The average molecular weight is 116 g/mol. The fraction of sp³-hybridized carbons (Fsp3) is 0.333. The fourth-order valence-corrected chi connectivity index (χ4v) is 0.677. The summed E-state index contributed by atoms with van der Waals surface area (Å²) in [5.74, 6) is 0. The lowest BCUT2D eigenvalue weighted by Crippen LogP contribution is -1.95. The summed E-state index contributed by atoms with van der Waals surface area (Å²) in [7, 11) is -1.01. The van der Waals surface area contributed by atoms with Crippen molar-refractivity contribution in [2.24, 2.45) is 10.2 Å². The van der Waals surface area contributed by atoms with Crippen molar-refractivity contribution in [2.45, 2.75) is 6.92 Å². The third kappa shape index (κ3) is 0.742. The smallest absolute Gasteiger partial charge is 0.130 e. The standard InChI is InChI=1S/C3H4N2OS/c1-3-5-4-2-7(3)6/h2H,1H3. The molecule has 0 fully saturated rings. The molecule has 0 saturated carbocycles. The van der Waals surface area contributed by atoms with Crippen LogP contribution in [0.25, 0.3) is 0 Å². The van der Waals surface area contributed by atoms with Crippen LogP contribution in [-0.2, 0) is 10.8 Å². The van der Waals surface area contributed by atoms with Crippen molar-refractivity contribution >= 4 is 21.4 Å². The Kier molecular flexibility index (Phi) is 1.02. The Morgan fingerprint density at radius 3 is 2.71 bits per heavy atom. The van der Waals surface area contributed by atoms with Crippen LogP contribution in [-0.4, -0.2) is 14.8 Å². The first-order valence-electron chi connectivity index (χ1n) is 1.79. The van der Waals surface area contributed by atoms with Gasteiger partial charge in [-0.1, -0.05) is 0 Å². The first kappa shape index (κ1) is 4.64. The minimum atomic E-state index is -1.01. The van der Waals surface area contributed by atoms with E-state index in [1.54, 1.807) is 6.92 Å². The number of rotatable bonds is 0. The summed E-state index contributed by atoms with van der Waals surface area (Å²) in [6.45, 7) is 1.68. The molecule has 3 nitrogen and oxygen atoms in total. The quantitative estimate of drug-likeness (QED) is 0.443. The Hall–Kier alpha value is -0.510. The summed E-state index contributed by atoms with van der Waals surface area (Å²) in [6.07, 6.45) is 0. The van der Waals surface area contributed by atoms with Gasteiger partial charge in [0.1, 0.15) is 21.4 Å². The zero-order chi connectivity index (χ0) is 5.28. The van der Waals surface area contributed by atoms with Gasteiger partial charge in [-0.2, -0.15) is 0 Å². The molecule has 0 N–H and O–H groups in total. The van der Waals surface area contributed by atoms with Gasteiger partial charge < -0.3 is 0 Å². The second kappa shape index (κ2) is 1.54. The third-order valence-corrected chi connectivity index (χ3v) is 1.58. The Labute approximate surface area is 43.6 Å². The maximum absolute atomic E-state index is 10.4. The molecule has 1 heterocycles. The van der Waals surface area contributed by atoms with Gasteiger partial charge in [0.05, 0.1) is 0 Å². The van der Waals surface area contributed by atoms with E-state index in [-0.39, 0.29) is 0 Å². The van der Waals surface area contributed by atoms with Crippen LogP contribution in [0.15, 0.2) is 10.2 Å². The van der Waals surface area contributed by atoms with Gasteiger partial charge >= 0.3 is 0 Å². The molecule has 0 radical (unpaired) electrons. The van der Waals surface area contributed by atoms with Crippen LogP contribution in [0.4, 0.5) is 0 Å². The summed E-state index contributed by atoms with van der Waals surface area (Å²) in [4.78, 5) is 0. The molecule has 0 aliphatic carbocycles. The topological polar surface area (TPSA) is 41.8 Å². The molecule has 1 aliphatic rings. The van der Waals surface area contributed by atoms with E-state index in [1.165, 1.54) is 5.55 Å². The molecule has 7 heavy (non-hydrogen) atoms. The number of nitrogens with zero attached hydrogens (tertiary/aromatic N) is 2. The van der Waals surface area contributed by atoms with Gasteiger partial charge in [-0.05, 0) is 6.92 Å². The van der Waals surface area contributed by atoms with Crippen LogP contribution in [0.1, 0.15) is 6.92 Å². The van der Waals surface area contributed by atoms with E-state index in [2.05, 4.69) is 10.2 Å². The monoisotopic (exact) mass is 116 g/mol. The highest BCUT2D eigenvalue weighted by Crippen LogP contribution is 1.92. The van der Waals surface area contributed by atoms with Crippen molar-refractivity contribution in [2.75, 3.05) is 0 Å². The molecule has 0 amide bonds. The Morgan fingerprint density at radius 2 is 2.57 bits per heavy atom. The zero-order valence-electron chi connectivity index (χ0n) is 3.79. The lowest BCUT2D eigenvalue weighted by molar-refractivity contribution is 0.696. The minimum absolute atomic E-state index is 0.583. The number of hydrogen-bond acceptors (Lipinski definition) is 3. The van der Waals surface area contributed by atoms with E-state index in [1.807, 2.05) is 0 Å². The molecule has 1 aliphatic heterocycles. The molecule has 1 atom stereocenters. The molecule has 1 unspecified atom stereocenters. The maximum atomic E-state index is 10.4. The van der Waals surface area contributed by atoms with Crippen molar-refractivity contribution < 1.29 is 4.21 Å². The average Bonchev–Trinajstić information content (AvgIpc) is 1.91. The maximum Gasteiger partial charge on any atom is 0.130 e. The van der Waals surface area contributed by atoms with E-state index >= 15 is 0 Å². The fourth-order valence-electron chi connectivity index (χ4n) is 0.264. The lowest BCUT2D eigenvalue weighted by Gasteiger charge is -1.75. The molecule has 1 rings (SSSR count). The SMILES string of the molecule is CC1=NN=CS1=O. The van der Waals surface area contributed by atoms with E-state index in [4.69, 9.17) is 0 Å². The van der Waals surface area contributed by atoms with E-state index in [0.717, 1.165) is 0 Å². The van der Waals surface area contributed by atoms with E-state index in [0.29, 0.717) is 5.04 Å². The molecule has 38 valence electrons. The molecule has 0 bridgehead atoms. The van der Waals surface area contributed by atoms with Crippen molar-refractivity contribution in [3.05, 3.63) is 0 Å². The van der Waals surface area contributed by atoms with Gasteiger partial charge in [0.2, 0.25) is 0 Å². The molecule has 0 aromatic heterocycles. The van der Waals surface area contributed by atoms with Crippen molar-refractivity contribution in [3.8, 4) is 0 Å². The van der Waals surface area contributed by atoms with E-state index < -0.39 is 10.8 Å². The Bertz CT molecular complexity index is 160. The predicted molar refractivity (Wildman–Crippen MR) is 29.7 cm³/mol. The molecule has 0 aromatic carbocycles. The van der Waals surface area contributed by atoms with Gasteiger partial charge in [0.15, 0.2) is 0 Å². The second-order valence-corrected chi connectivity index (χ2v) is 2.53. The van der Waals surface area contributed by atoms with Crippen LogP contribution in [0, 0.1) is 0 Å². The van der Waals surface area contributed by atoms with Crippen LogP contribution < -0.4 is 0 Å². The molecule has 4 heteroatoms. The van der Waals surface area contributed by atoms with Crippen LogP contribution in [0.3, 0.4) is 0 Å². The molecular formula is C3H4N2OS. The third-order valence-electron chi connectivity index (χ3n) is 0.633. The Morgan fingerprint density at radius 1 is 1.86 bits per heavy atom. The van der Waals surface area contributed by atoms with Crippen LogP contribution >= 0.6 is 0 Å². The second-order valence-electron chi connectivity index (χ2n) is 1.14. The highest BCUT2D eigenvalue weighted by atomic mass is 32.2. The largest absolute Gasteiger partial charge is 0.247 e. The summed E-state index contributed by atoms with van der Waals surface area (Å²) >= 11 is 0. The first-order valence-corrected chi connectivity index (χ1v) is 3.00. The lowest BCUT2D eigenvalue weighted by atomic mass is 10.9. The molecule has 0 aromatic rings. The minimum Gasteiger partial charge on any atom is -0.247 e. The van der Waals surface area contributed by atoms with Gasteiger partial charge in [-0.3, -0.25) is 0 Å². The van der Waals surface area contributed by atoms with Gasteiger partial charge in [0, 0.05) is 0 Å². The molecule has 0 spiro atoms.